The number of hydrogen-bond donors (Lipinski definition) is 0. The Hall–Kier alpha value is -0.500. The predicted octanol–water partition coefficient (Wildman–Crippen LogP) is 5.14. The van der Waals surface area contributed by atoms with Gasteiger partial charge in [0, 0.05) is 10.9 Å². The van der Waals surface area contributed by atoms with Crippen LogP contribution in [0.25, 0.3) is 0 Å². The molecular formula is C16H23BrO. The first-order valence-electron chi connectivity index (χ1n) is 6.89. The third kappa shape index (κ3) is 3.09. The van der Waals surface area contributed by atoms with Gasteiger partial charge >= 0.3 is 0 Å². The molecule has 0 aromatic heterocycles. The molecule has 0 aromatic carbocycles. The second-order valence-corrected chi connectivity index (χ2v) is 6.62. The van der Waals surface area contributed by atoms with E-state index in [1.165, 1.54) is 30.4 Å². The number of rotatable bonds is 4. The normalized spacial score (nSPS) is 25.6. The zero-order valence-electron chi connectivity index (χ0n) is 11.6. The van der Waals surface area contributed by atoms with Gasteiger partial charge in [-0.1, -0.05) is 28.4 Å². The first-order chi connectivity index (χ1) is 8.53. The third-order valence-electron chi connectivity index (χ3n) is 3.66. The van der Waals surface area contributed by atoms with E-state index in [1.54, 1.807) is 0 Å². The van der Waals surface area contributed by atoms with Gasteiger partial charge in [-0.3, -0.25) is 0 Å². The van der Waals surface area contributed by atoms with Gasteiger partial charge in [-0.05, 0) is 63.7 Å². The van der Waals surface area contributed by atoms with E-state index in [9.17, 15) is 0 Å². The molecule has 0 radical (unpaired) electrons. The summed E-state index contributed by atoms with van der Waals surface area (Å²) in [5.74, 6) is 1.76. The SMILES string of the molecule is CC1=CC(C)(C)OC2=C1[C@H](CCCCBr)CC=C2. The Labute approximate surface area is 119 Å². The van der Waals surface area contributed by atoms with E-state index >= 15 is 0 Å². The van der Waals surface area contributed by atoms with Crippen molar-refractivity contribution >= 4 is 15.9 Å². The molecule has 1 aliphatic carbocycles. The smallest absolute Gasteiger partial charge is 0.124 e. The number of allylic oxidation sites excluding steroid dienone is 4. The van der Waals surface area contributed by atoms with Crippen molar-refractivity contribution in [2.24, 2.45) is 5.92 Å². The molecule has 1 aliphatic heterocycles. The topological polar surface area (TPSA) is 9.23 Å². The molecule has 0 unspecified atom stereocenters. The molecule has 0 amide bonds. The molecule has 2 rings (SSSR count). The lowest BCUT2D eigenvalue weighted by Crippen LogP contribution is -2.28. The summed E-state index contributed by atoms with van der Waals surface area (Å²) in [7, 11) is 0. The summed E-state index contributed by atoms with van der Waals surface area (Å²) in [6, 6.07) is 0. The van der Waals surface area contributed by atoms with Crippen LogP contribution in [0.15, 0.2) is 35.1 Å². The van der Waals surface area contributed by atoms with Gasteiger partial charge in [0.2, 0.25) is 0 Å². The minimum Gasteiger partial charge on any atom is -0.483 e. The van der Waals surface area contributed by atoms with E-state index in [0.717, 1.165) is 17.5 Å². The minimum atomic E-state index is -0.162. The van der Waals surface area contributed by atoms with Crippen molar-refractivity contribution in [3.8, 4) is 0 Å². The predicted molar refractivity (Wildman–Crippen MR) is 80.8 cm³/mol. The van der Waals surface area contributed by atoms with E-state index in [1.807, 2.05) is 0 Å². The molecule has 1 heterocycles. The Morgan fingerprint density at radius 1 is 1.39 bits per heavy atom. The Morgan fingerprint density at radius 2 is 2.17 bits per heavy atom. The summed E-state index contributed by atoms with van der Waals surface area (Å²) in [5, 5.41) is 1.11. The fourth-order valence-electron chi connectivity index (χ4n) is 3.01. The van der Waals surface area contributed by atoms with Gasteiger partial charge in [0.15, 0.2) is 0 Å². The lowest BCUT2D eigenvalue weighted by Gasteiger charge is -2.36. The van der Waals surface area contributed by atoms with Crippen LogP contribution >= 0.6 is 15.9 Å². The molecular weight excluding hydrogens is 288 g/mol. The van der Waals surface area contributed by atoms with E-state index < -0.39 is 0 Å². The quantitative estimate of drug-likeness (QED) is 0.516. The van der Waals surface area contributed by atoms with Gasteiger partial charge in [0.1, 0.15) is 11.4 Å². The Balaban J connectivity index is 2.15. The zero-order chi connectivity index (χ0) is 13.2. The van der Waals surface area contributed by atoms with Crippen LogP contribution in [0.1, 0.15) is 46.5 Å². The molecule has 0 aromatic rings. The molecule has 0 N–H and O–H groups in total. The maximum atomic E-state index is 6.09. The largest absolute Gasteiger partial charge is 0.483 e. The van der Waals surface area contributed by atoms with Gasteiger partial charge < -0.3 is 4.74 Å². The van der Waals surface area contributed by atoms with Crippen LogP contribution in [0.2, 0.25) is 0 Å². The van der Waals surface area contributed by atoms with Gasteiger partial charge in [-0.25, -0.2) is 0 Å². The summed E-state index contributed by atoms with van der Waals surface area (Å²) < 4.78 is 6.09. The summed E-state index contributed by atoms with van der Waals surface area (Å²) in [6.07, 6.45) is 11.7. The summed E-state index contributed by atoms with van der Waals surface area (Å²) in [5.41, 5.74) is 2.70. The molecule has 0 bridgehead atoms. The van der Waals surface area contributed by atoms with Crippen molar-refractivity contribution in [3.05, 3.63) is 35.1 Å². The van der Waals surface area contributed by atoms with Crippen molar-refractivity contribution in [2.75, 3.05) is 5.33 Å². The Bertz CT molecular complexity index is 401. The first-order valence-corrected chi connectivity index (χ1v) is 8.01. The molecule has 1 atom stereocenters. The van der Waals surface area contributed by atoms with Gasteiger partial charge in [0.05, 0.1) is 0 Å². The number of halogens is 1. The van der Waals surface area contributed by atoms with Crippen molar-refractivity contribution in [2.45, 2.75) is 52.1 Å². The number of unbranched alkanes of at least 4 members (excludes halogenated alkanes) is 1. The van der Waals surface area contributed by atoms with Gasteiger partial charge in [0.25, 0.3) is 0 Å². The van der Waals surface area contributed by atoms with Crippen LogP contribution in [0.4, 0.5) is 0 Å². The average Bonchev–Trinajstić information content (AvgIpc) is 2.27. The van der Waals surface area contributed by atoms with Gasteiger partial charge in [-0.15, -0.1) is 0 Å². The second-order valence-electron chi connectivity index (χ2n) is 5.83. The van der Waals surface area contributed by atoms with Crippen molar-refractivity contribution in [1.82, 2.24) is 0 Å². The monoisotopic (exact) mass is 310 g/mol. The Kier molecular flexibility index (Phi) is 4.37. The number of hydrogen-bond acceptors (Lipinski definition) is 1. The second kappa shape index (κ2) is 5.64. The van der Waals surface area contributed by atoms with E-state index in [4.69, 9.17) is 4.74 Å². The van der Waals surface area contributed by atoms with Crippen LogP contribution in [0.3, 0.4) is 0 Å². The molecule has 2 heteroatoms. The van der Waals surface area contributed by atoms with Crippen LogP contribution in [-0.4, -0.2) is 10.9 Å². The van der Waals surface area contributed by atoms with Crippen molar-refractivity contribution < 1.29 is 4.74 Å². The molecule has 0 saturated heterocycles. The first kappa shape index (κ1) is 13.9. The van der Waals surface area contributed by atoms with Crippen LogP contribution in [-0.2, 0) is 4.74 Å². The molecule has 18 heavy (non-hydrogen) atoms. The third-order valence-corrected chi connectivity index (χ3v) is 4.22. The standard InChI is InChI=1S/C16H23BrO/c1-12-11-16(2,3)18-14-9-6-8-13(15(12)14)7-4-5-10-17/h6,9,11,13H,4-5,7-8,10H2,1-3H3/t13-/m1/s1. The highest BCUT2D eigenvalue weighted by Crippen LogP contribution is 2.40. The van der Waals surface area contributed by atoms with Crippen molar-refractivity contribution in [3.63, 3.8) is 0 Å². The zero-order valence-corrected chi connectivity index (χ0v) is 13.2. The van der Waals surface area contributed by atoms with E-state index in [2.05, 4.69) is 54.9 Å². The molecule has 2 aliphatic rings. The average molecular weight is 311 g/mol. The van der Waals surface area contributed by atoms with Crippen LogP contribution < -0.4 is 0 Å². The molecule has 0 fully saturated rings. The molecule has 100 valence electrons. The highest BCUT2D eigenvalue weighted by molar-refractivity contribution is 9.09. The summed E-state index contributed by atoms with van der Waals surface area (Å²) in [4.78, 5) is 0. The van der Waals surface area contributed by atoms with Gasteiger partial charge in [-0.2, -0.15) is 0 Å². The molecule has 0 saturated carbocycles. The van der Waals surface area contributed by atoms with Crippen LogP contribution in [0, 0.1) is 5.92 Å². The highest BCUT2D eigenvalue weighted by atomic mass is 79.9. The molecule has 0 spiro atoms. The number of ether oxygens (including phenoxy) is 1. The lowest BCUT2D eigenvalue weighted by molar-refractivity contribution is 0.0762. The van der Waals surface area contributed by atoms with Crippen LogP contribution in [0.5, 0.6) is 0 Å². The summed E-state index contributed by atoms with van der Waals surface area (Å²) in [6.45, 7) is 6.49. The van der Waals surface area contributed by atoms with E-state index in [0.29, 0.717) is 5.92 Å². The number of alkyl halides is 1. The Morgan fingerprint density at radius 3 is 2.89 bits per heavy atom. The fourth-order valence-corrected chi connectivity index (χ4v) is 3.41. The summed E-state index contributed by atoms with van der Waals surface area (Å²) >= 11 is 3.51. The maximum absolute atomic E-state index is 6.09. The fraction of sp³-hybridized carbons (Fsp3) is 0.625. The highest BCUT2D eigenvalue weighted by Gasteiger charge is 2.30. The maximum Gasteiger partial charge on any atom is 0.124 e. The lowest BCUT2D eigenvalue weighted by atomic mass is 9.80. The van der Waals surface area contributed by atoms with Crippen molar-refractivity contribution in [1.29, 1.82) is 0 Å². The molecule has 1 nitrogen and oxygen atoms in total. The van der Waals surface area contributed by atoms with E-state index in [-0.39, 0.29) is 5.60 Å². The minimum absolute atomic E-state index is 0.162.